The smallest absolute Gasteiger partial charge is 0.332 e. The van der Waals surface area contributed by atoms with Crippen LogP contribution in [-0.4, -0.2) is 22.3 Å². The van der Waals surface area contributed by atoms with E-state index in [9.17, 15) is 9.90 Å². The average Bonchev–Trinajstić information content (AvgIpc) is 2.13. The molecule has 0 bridgehead atoms. The SMILES string of the molecule is Cc1cc(CC(O)C(=O)O)cc(C)c1Cl. The van der Waals surface area contributed by atoms with Gasteiger partial charge in [-0.15, -0.1) is 0 Å². The van der Waals surface area contributed by atoms with Gasteiger partial charge >= 0.3 is 5.97 Å². The molecule has 0 aromatic heterocycles. The second-order valence-corrected chi connectivity index (χ2v) is 3.98. The number of aliphatic hydroxyl groups is 1. The van der Waals surface area contributed by atoms with Crippen LogP contribution in [0.4, 0.5) is 0 Å². The van der Waals surface area contributed by atoms with Gasteiger partial charge in [-0.1, -0.05) is 23.7 Å². The first kappa shape index (κ1) is 12.0. The number of carboxylic acids is 1. The van der Waals surface area contributed by atoms with Crippen molar-refractivity contribution in [2.75, 3.05) is 0 Å². The molecule has 1 aromatic rings. The highest BCUT2D eigenvalue weighted by atomic mass is 35.5. The molecular formula is C11H13ClO3. The van der Waals surface area contributed by atoms with Crippen LogP contribution >= 0.6 is 11.6 Å². The molecular weight excluding hydrogens is 216 g/mol. The maximum Gasteiger partial charge on any atom is 0.332 e. The summed E-state index contributed by atoms with van der Waals surface area (Å²) in [7, 11) is 0. The van der Waals surface area contributed by atoms with Gasteiger partial charge in [0.1, 0.15) is 0 Å². The quantitative estimate of drug-likeness (QED) is 0.832. The highest BCUT2D eigenvalue weighted by molar-refractivity contribution is 6.32. The van der Waals surface area contributed by atoms with Gasteiger partial charge in [0.15, 0.2) is 6.10 Å². The highest BCUT2D eigenvalue weighted by Crippen LogP contribution is 2.22. The van der Waals surface area contributed by atoms with Crippen molar-refractivity contribution in [3.8, 4) is 0 Å². The Bertz CT molecular complexity index is 364. The molecule has 0 fully saturated rings. The Kier molecular flexibility index (Phi) is 3.72. The van der Waals surface area contributed by atoms with Crippen LogP contribution in [0.5, 0.6) is 0 Å². The molecule has 0 aliphatic heterocycles. The predicted molar refractivity (Wildman–Crippen MR) is 58.3 cm³/mol. The summed E-state index contributed by atoms with van der Waals surface area (Å²) in [4.78, 5) is 10.5. The minimum Gasteiger partial charge on any atom is -0.479 e. The Morgan fingerprint density at radius 3 is 2.27 bits per heavy atom. The average molecular weight is 229 g/mol. The van der Waals surface area contributed by atoms with Crippen molar-refractivity contribution in [1.29, 1.82) is 0 Å². The number of rotatable bonds is 3. The molecule has 0 aliphatic rings. The zero-order chi connectivity index (χ0) is 11.6. The van der Waals surface area contributed by atoms with E-state index in [1.54, 1.807) is 12.1 Å². The lowest BCUT2D eigenvalue weighted by atomic mass is 10.0. The number of carboxylic acid groups (broad SMARTS) is 1. The lowest BCUT2D eigenvalue weighted by Gasteiger charge is -2.09. The Balaban J connectivity index is 2.92. The molecule has 0 radical (unpaired) electrons. The van der Waals surface area contributed by atoms with Crippen molar-refractivity contribution < 1.29 is 15.0 Å². The summed E-state index contributed by atoms with van der Waals surface area (Å²) in [6.07, 6.45) is -1.25. The molecule has 2 N–H and O–H groups in total. The van der Waals surface area contributed by atoms with E-state index in [1.165, 1.54) is 0 Å². The third kappa shape index (κ3) is 2.94. The summed E-state index contributed by atoms with van der Waals surface area (Å²) in [5.74, 6) is -1.21. The first-order valence-electron chi connectivity index (χ1n) is 4.58. The number of carbonyl (C=O) groups is 1. The molecule has 0 saturated heterocycles. The predicted octanol–water partition coefficient (Wildman–Crippen LogP) is 1.94. The normalized spacial score (nSPS) is 12.5. The van der Waals surface area contributed by atoms with Gasteiger partial charge in [0, 0.05) is 11.4 Å². The van der Waals surface area contributed by atoms with Gasteiger partial charge in [0.25, 0.3) is 0 Å². The van der Waals surface area contributed by atoms with Gasteiger partial charge in [-0.3, -0.25) is 0 Å². The van der Waals surface area contributed by atoms with Crippen molar-refractivity contribution in [3.05, 3.63) is 33.8 Å². The molecule has 15 heavy (non-hydrogen) atoms. The number of hydrogen-bond donors (Lipinski definition) is 2. The Hall–Kier alpha value is -1.06. The van der Waals surface area contributed by atoms with Crippen LogP contribution in [0.2, 0.25) is 5.02 Å². The van der Waals surface area contributed by atoms with Crippen molar-refractivity contribution in [3.63, 3.8) is 0 Å². The zero-order valence-electron chi connectivity index (χ0n) is 8.62. The van der Waals surface area contributed by atoms with Crippen LogP contribution in [0.1, 0.15) is 16.7 Å². The van der Waals surface area contributed by atoms with E-state index in [-0.39, 0.29) is 6.42 Å². The topological polar surface area (TPSA) is 57.5 Å². The molecule has 1 rings (SSSR count). The first-order valence-corrected chi connectivity index (χ1v) is 4.96. The van der Waals surface area contributed by atoms with E-state index in [1.807, 2.05) is 13.8 Å². The fourth-order valence-electron chi connectivity index (χ4n) is 1.46. The molecule has 1 unspecified atom stereocenters. The molecule has 1 aromatic carbocycles. The van der Waals surface area contributed by atoms with Gasteiger partial charge in [-0.2, -0.15) is 0 Å². The monoisotopic (exact) mass is 228 g/mol. The summed E-state index contributed by atoms with van der Waals surface area (Å²) >= 11 is 5.97. The van der Waals surface area contributed by atoms with Gasteiger partial charge in [0.05, 0.1) is 0 Å². The van der Waals surface area contributed by atoms with Gasteiger partial charge < -0.3 is 10.2 Å². The zero-order valence-corrected chi connectivity index (χ0v) is 9.38. The third-order valence-corrected chi connectivity index (χ3v) is 2.81. The van der Waals surface area contributed by atoms with Crippen LogP contribution in [0.15, 0.2) is 12.1 Å². The number of benzene rings is 1. The van der Waals surface area contributed by atoms with Crippen molar-refractivity contribution in [2.45, 2.75) is 26.4 Å². The van der Waals surface area contributed by atoms with Gasteiger partial charge in [0.2, 0.25) is 0 Å². The highest BCUT2D eigenvalue weighted by Gasteiger charge is 2.14. The standard InChI is InChI=1S/C11H13ClO3/c1-6-3-8(4-7(2)10(6)12)5-9(13)11(14)15/h3-4,9,13H,5H2,1-2H3,(H,14,15). The maximum atomic E-state index is 10.5. The summed E-state index contributed by atoms with van der Waals surface area (Å²) in [6.45, 7) is 3.71. The summed E-state index contributed by atoms with van der Waals surface area (Å²) in [5.41, 5.74) is 2.57. The third-order valence-electron chi connectivity index (χ3n) is 2.21. The van der Waals surface area contributed by atoms with E-state index in [0.29, 0.717) is 5.02 Å². The largest absolute Gasteiger partial charge is 0.479 e. The number of halogens is 1. The molecule has 0 heterocycles. The molecule has 0 aliphatic carbocycles. The second kappa shape index (κ2) is 4.64. The van der Waals surface area contributed by atoms with E-state index >= 15 is 0 Å². The fourth-order valence-corrected chi connectivity index (χ4v) is 1.57. The van der Waals surface area contributed by atoms with E-state index < -0.39 is 12.1 Å². The summed E-state index contributed by atoms with van der Waals surface area (Å²) < 4.78 is 0. The Labute approximate surface area is 93.3 Å². The van der Waals surface area contributed by atoms with Gasteiger partial charge in [-0.05, 0) is 30.5 Å². The second-order valence-electron chi connectivity index (χ2n) is 3.60. The minimum absolute atomic E-state index is 0.105. The van der Waals surface area contributed by atoms with E-state index in [2.05, 4.69) is 0 Å². The van der Waals surface area contributed by atoms with Gasteiger partial charge in [-0.25, -0.2) is 4.79 Å². The van der Waals surface area contributed by atoms with Crippen molar-refractivity contribution >= 4 is 17.6 Å². The molecule has 82 valence electrons. The molecule has 0 saturated carbocycles. The van der Waals surface area contributed by atoms with Crippen LogP contribution in [-0.2, 0) is 11.2 Å². The van der Waals surface area contributed by atoms with E-state index in [0.717, 1.165) is 16.7 Å². The maximum absolute atomic E-state index is 10.5. The number of aliphatic hydroxyl groups excluding tert-OH is 1. The molecule has 1 atom stereocenters. The lowest BCUT2D eigenvalue weighted by molar-refractivity contribution is -0.146. The van der Waals surface area contributed by atoms with Crippen LogP contribution in [0.25, 0.3) is 0 Å². The Morgan fingerprint density at radius 2 is 1.87 bits per heavy atom. The summed E-state index contributed by atoms with van der Waals surface area (Å²) in [6, 6.07) is 3.59. The molecule has 0 amide bonds. The fraction of sp³-hybridized carbons (Fsp3) is 0.364. The molecule has 0 spiro atoms. The van der Waals surface area contributed by atoms with Crippen LogP contribution in [0, 0.1) is 13.8 Å². The van der Waals surface area contributed by atoms with Crippen molar-refractivity contribution in [2.24, 2.45) is 0 Å². The lowest BCUT2D eigenvalue weighted by Crippen LogP contribution is -2.22. The van der Waals surface area contributed by atoms with Crippen LogP contribution in [0.3, 0.4) is 0 Å². The molecule has 3 nitrogen and oxygen atoms in total. The number of aliphatic carboxylic acids is 1. The Morgan fingerprint density at radius 1 is 1.40 bits per heavy atom. The minimum atomic E-state index is -1.36. The van der Waals surface area contributed by atoms with Crippen molar-refractivity contribution in [1.82, 2.24) is 0 Å². The van der Waals surface area contributed by atoms with Crippen LogP contribution < -0.4 is 0 Å². The number of aryl methyl sites for hydroxylation is 2. The summed E-state index contributed by atoms with van der Waals surface area (Å²) in [5, 5.41) is 18.4. The van der Waals surface area contributed by atoms with E-state index in [4.69, 9.17) is 16.7 Å². The molecule has 4 heteroatoms. The number of hydrogen-bond acceptors (Lipinski definition) is 2. The first-order chi connectivity index (χ1) is 6.91.